The van der Waals surface area contributed by atoms with Crippen LogP contribution >= 0.6 is 0 Å². The number of alkyl halides is 2. The Labute approximate surface area is 171 Å². The number of carbonyl (C=O) groups excluding carboxylic acids is 1. The molecule has 1 N–H and O–H groups in total. The van der Waals surface area contributed by atoms with Crippen molar-refractivity contribution in [2.45, 2.75) is 57.6 Å². The van der Waals surface area contributed by atoms with Crippen LogP contribution in [0.5, 0.6) is 5.88 Å². The fourth-order valence-electron chi connectivity index (χ4n) is 3.43. The van der Waals surface area contributed by atoms with Gasteiger partial charge < -0.3 is 14.6 Å². The minimum absolute atomic E-state index is 0.0226. The highest BCUT2D eigenvalue weighted by molar-refractivity contribution is 5.98. The minimum atomic E-state index is -3.20. The van der Waals surface area contributed by atoms with Gasteiger partial charge in [-0.15, -0.1) is 0 Å². The van der Waals surface area contributed by atoms with Crippen molar-refractivity contribution in [3.05, 3.63) is 30.4 Å². The molecule has 2 saturated carbocycles. The molecule has 0 spiro atoms. The topological polar surface area (TPSA) is 81.9 Å². The van der Waals surface area contributed by atoms with Crippen molar-refractivity contribution in [2.24, 2.45) is 0 Å². The molecule has 30 heavy (non-hydrogen) atoms. The Morgan fingerprint density at radius 2 is 2.00 bits per heavy atom. The highest BCUT2D eigenvalue weighted by Crippen LogP contribution is 2.42. The van der Waals surface area contributed by atoms with Crippen LogP contribution in [-0.2, 0) is 10.7 Å². The maximum absolute atomic E-state index is 14.1. The van der Waals surface area contributed by atoms with E-state index in [9.17, 15) is 13.6 Å². The lowest BCUT2D eigenvalue weighted by molar-refractivity contribution is -0.114. The number of nitrogens with one attached hydrogen (secondary N) is 1. The second-order valence-corrected chi connectivity index (χ2v) is 8.07. The zero-order valence-corrected chi connectivity index (χ0v) is 16.7. The Kier molecular flexibility index (Phi) is 4.23. The predicted molar refractivity (Wildman–Crippen MR) is 107 cm³/mol. The summed E-state index contributed by atoms with van der Waals surface area (Å²) in [5.74, 6) is -3.45. The lowest BCUT2D eigenvalue weighted by Crippen LogP contribution is -2.14. The van der Waals surface area contributed by atoms with Gasteiger partial charge in [-0.2, -0.15) is 13.8 Å². The van der Waals surface area contributed by atoms with Crippen LogP contribution in [0.15, 0.2) is 24.5 Å². The quantitative estimate of drug-likeness (QED) is 0.646. The van der Waals surface area contributed by atoms with Crippen LogP contribution in [0.1, 0.15) is 51.4 Å². The normalized spacial score (nSPS) is 16.7. The van der Waals surface area contributed by atoms with Crippen molar-refractivity contribution in [3.8, 4) is 17.1 Å². The van der Waals surface area contributed by atoms with Crippen LogP contribution < -0.4 is 10.1 Å². The summed E-state index contributed by atoms with van der Waals surface area (Å²) in [4.78, 5) is 23.9. The van der Waals surface area contributed by atoms with Gasteiger partial charge in [0.2, 0.25) is 17.6 Å². The van der Waals surface area contributed by atoms with Crippen LogP contribution in [0, 0.1) is 0 Å². The summed E-state index contributed by atoms with van der Waals surface area (Å²) in [5.41, 5.74) is 1.91. The number of ether oxygens (including phenoxy) is 1. The molecule has 2 aliphatic rings. The van der Waals surface area contributed by atoms with Gasteiger partial charge in [0.25, 0.3) is 0 Å². The molecule has 0 aliphatic heterocycles. The lowest BCUT2D eigenvalue weighted by Gasteiger charge is -2.13. The summed E-state index contributed by atoms with van der Waals surface area (Å²) in [6.07, 6.45) is 7.52. The van der Waals surface area contributed by atoms with E-state index in [1.807, 2.05) is 6.20 Å². The fraction of sp³-hybridized carbons (Fsp3) is 0.429. The Morgan fingerprint density at radius 3 is 2.63 bits per heavy atom. The number of pyridine rings is 1. The molecule has 0 radical (unpaired) electrons. The number of aromatic nitrogens is 4. The van der Waals surface area contributed by atoms with Crippen molar-refractivity contribution in [3.63, 3.8) is 0 Å². The van der Waals surface area contributed by atoms with Gasteiger partial charge in [0.1, 0.15) is 11.9 Å². The highest BCUT2D eigenvalue weighted by atomic mass is 19.3. The standard InChI is InChI=1S/C21H21F2N5O2/c1-11(29)25-18-7-14-15(10-28(12-3-4-12)17(14)9-24-18)16-8-19(30-13-5-6-13)27-20(26-16)21(2,22)23/h7-10,12-13H,3-6H2,1-2H3,(H,24,25,29). The minimum Gasteiger partial charge on any atom is -0.474 e. The van der Waals surface area contributed by atoms with E-state index < -0.39 is 11.7 Å². The molecule has 5 rings (SSSR count). The molecule has 0 saturated heterocycles. The molecular weight excluding hydrogens is 392 g/mol. The van der Waals surface area contributed by atoms with Gasteiger partial charge in [0.05, 0.1) is 17.4 Å². The van der Waals surface area contributed by atoms with E-state index in [0.717, 1.165) is 43.5 Å². The molecule has 3 aromatic heterocycles. The van der Waals surface area contributed by atoms with Crippen LogP contribution in [0.3, 0.4) is 0 Å². The van der Waals surface area contributed by atoms with E-state index in [1.54, 1.807) is 18.3 Å². The number of nitrogens with zero attached hydrogens (tertiary/aromatic N) is 4. The summed E-state index contributed by atoms with van der Waals surface area (Å²) in [6, 6.07) is 3.71. The third-order valence-electron chi connectivity index (χ3n) is 5.15. The van der Waals surface area contributed by atoms with Crippen molar-refractivity contribution in [1.29, 1.82) is 0 Å². The van der Waals surface area contributed by atoms with Crippen LogP contribution in [0.4, 0.5) is 14.6 Å². The first-order chi connectivity index (χ1) is 14.3. The van der Waals surface area contributed by atoms with Gasteiger partial charge in [0.15, 0.2) is 0 Å². The Bertz CT molecular complexity index is 1150. The van der Waals surface area contributed by atoms with E-state index in [1.165, 1.54) is 6.92 Å². The highest BCUT2D eigenvalue weighted by Gasteiger charge is 2.32. The van der Waals surface area contributed by atoms with E-state index in [4.69, 9.17) is 4.74 Å². The maximum atomic E-state index is 14.1. The molecule has 9 heteroatoms. The van der Waals surface area contributed by atoms with E-state index >= 15 is 0 Å². The van der Waals surface area contributed by atoms with Gasteiger partial charge in [-0.3, -0.25) is 4.79 Å². The van der Waals surface area contributed by atoms with Crippen molar-refractivity contribution in [1.82, 2.24) is 19.5 Å². The van der Waals surface area contributed by atoms with Crippen LogP contribution in [0.25, 0.3) is 22.2 Å². The van der Waals surface area contributed by atoms with Crippen LogP contribution in [0.2, 0.25) is 0 Å². The molecule has 7 nitrogen and oxygen atoms in total. The van der Waals surface area contributed by atoms with Crippen molar-refractivity contribution >= 4 is 22.6 Å². The number of rotatable bonds is 6. The molecule has 0 aromatic carbocycles. The average molecular weight is 413 g/mol. The first-order valence-electron chi connectivity index (χ1n) is 10.0. The number of halogens is 2. The molecule has 156 valence electrons. The molecule has 0 unspecified atom stereocenters. The molecule has 3 aromatic rings. The summed E-state index contributed by atoms with van der Waals surface area (Å²) in [7, 11) is 0. The van der Waals surface area contributed by atoms with E-state index in [2.05, 4.69) is 24.8 Å². The number of hydrogen-bond acceptors (Lipinski definition) is 5. The van der Waals surface area contributed by atoms with Gasteiger partial charge >= 0.3 is 5.92 Å². The van der Waals surface area contributed by atoms with Crippen LogP contribution in [-0.4, -0.2) is 31.5 Å². The van der Waals surface area contributed by atoms with Gasteiger partial charge in [-0.05, 0) is 31.7 Å². The molecule has 2 aliphatic carbocycles. The number of amides is 1. The number of anilines is 1. The Balaban J connectivity index is 1.68. The van der Waals surface area contributed by atoms with Gasteiger partial charge in [0, 0.05) is 43.1 Å². The predicted octanol–water partition coefficient (Wildman–Crippen LogP) is 4.44. The first kappa shape index (κ1) is 18.9. The summed E-state index contributed by atoms with van der Waals surface area (Å²) < 4.78 is 36.0. The molecule has 2 fully saturated rings. The molecule has 3 heterocycles. The third-order valence-corrected chi connectivity index (χ3v) is 5.15. The molecule has 1 amide bonds. The van der Waals surface area contributed by atoms with Crippen molar-refractivity contribution in [2.75, 3.05) is 5.32 Å². The Hall–Kier alpha value is -3.10. The number of hydrogen-bond donors (Lipinski definition) is 1. The zero-order chi connectivity index (χ0) is 21.0. The molecule has 0 atom stereocenters. The van der Waals surface area contributed by atoms with Gasteiger partial charge in [-0.1, -0.05) is 0 Å². The van der Waals surface area contributed by atoms with E-state index in [0.29, 0.717) is 23.1 Å². The lowest BCUT2D eigenvalue weighted by atomic mass is 10.1. The average Bonchev–Trinajstić information content (AvgIpc) is 3.59. The number of fused-ring (bicyclic) bond motifs is 1. The molecular formula is C21H21F2N5O2. The summed E-state index contributed by atoms with van der Waals surface area (Å²) >= 11 is 0. The SMILES string of the molecule is CC(=O)Nc1cc2c(-c3cc(OC4CC4)nc(C(C)(F)F)n3)cn(C3CC3)c2cn1. The van der Waals surface area contributed by atoms with Gasteiger partial charge in [-0.25, -0.2) is 9.97 Å². The molecule has 0 bridgehead atoms. The second kappa shape index (κ2) is 6.72. The monoisotopic (exact) mass is 413 g/mol. The maximum Gasteiger partial charge on any atom is 0.303 e. The smallest absolute Gasteiger partial charge is 0.303 e. The van der Waals surface area contributed by atoms with E-state index in [-0.39, 0.29) is 17.9 Å². The first-order valence-corrected chi connectivity index (χ1v) is 10.0. The third kappa shape index (κ3) is 3.71. The number of carbonyl (C=O) groups is 1. The second-order valence-electron chi connectivity index (χ2n) is 8.07. The largest absolute Gasteiger partial charge is 0.474 e. The van der Waals surface area contributed by atoms with Crippen molar-refractivity contribution < 1.29 is 18.3 Å². The Morgan fingerprint density at radius 1 is 1.23 bits per heavy atom. The summed E-state index contributed by atoms with van der Waals surface area (Å²) in [5, 5.41) is 3.45. The summed E-state index contributed by atoms with van der Waals surface area (Å²) in [6.45, 7) is 2.18. The zero-order valence-electron chi connectivity index (χ0n) is 16.7. The fourth-order valence-corrected chi connectivity index (χ4v) is 3.43.